The number of hydrogen-bond donors (Lipinski definition) is 0. The summed E-state index contributed by atoms with van der Waals surface area (Å²) in [5.74, 6) is 1.68. The third-order valence-electron chi connectivity index (χ3n) is 13.4. The quantitative estimate of drug-likeness (QED) is 0.128. The molecule has 0 spiro atoms. The van der Waals surface area contributed by atoms with Gasteiger partial charge in [0.25, 0.3) is 0 Å². The van der Waals surface area contributed by atoms with E-state index in [0.29, 0.717) is 17.1 Å². The Balaban J connectivity index is 0.00000626. The van der Waals surface area contributed by atoms with E-state index in [0.717, 1.165) is 78.2 Å². The number of rotatable bonds is 10. The standard InChI is InChI=1S/C66H59N4O.Pt/c1-44(2)37-45-38-56(46-19-10-9-11-20-46)64(57(39-45)48-31-29-47(30-32-48)53-23-12-14-25-58(53)66(6,7)8)69-43-68(60-27-16-17-28-61(60)69)50-21-18-22-51(41-50)71-52-33-34-55-54-24-13-15-26-59(54)70(62(55)42-52)63-40-49(35-36-67-63)65(3,4)5;/h9-36,38-40,43-44H,37H2,1-8H3;/q-3;/i37D2;. The molecule has 3 heterocycles. The third-order valence-corrected chi connectivity index (χ3v) is 13.4. The van der Waals surface area contributed by atoms with Gasteiger partial charge in [-0.1, -0.05) is 170 Å². The molecule has 0 atom stereocenters. The number of nitrogens with zero attached hydrogens (tertiary/aromatic N) is 4. The van der Waals surface area contributed by atoms with Gasteiger partial charge in [0.05, 0.1) is 0 Å². The summed E-state index contributed by atoms with van der Waals surface area (Å²) in [4.78, 5) is 9.29. The summed E-state index contributed by atoms with van der Waals surface area (Å²) >= 11 is 0. The van der Waals surface area contributed by atoms with Crippen LogP contribution in [-0.2, 0) is 38.3 Å². The Morgan fingerprint density at radius 2 is 1.21 bits per heavy atom. The molecule has 10 aromatic rings. The first-order valence-corrected chi connectivity index (χ1v) is 24.6. The van der Waals surface area contributed by atoms with Crippen LogP contribution in [0, 0.1) is 24.7 Å². The zero-order valence-electron chi connectivity index (χ0n) is 44.1. The Bertz CT molecular complexity index is 3680. The van der Waals surface area contributed by atoms with Gasteiger partial charge in [-0.25, -0.2) is 4.98 Å². The van der Waals surface area contributed by atoms with Gasteiger partial charge in [-0.05, 0) is 110 Å². The Morgan fingerprint density at radius 1 is 0.583 bits per heavy atom. The molecule has 0 bridgehead atoms. The molecule has 2 aromatic heterocycles. The number of pyridine rings is 1. The molecule has 0 amide bonds. The van der Waals surface area contributed by atoms with Crippen molar-refractivity contribution in [1.82, 2.24) is 9.55 Å². The van der Waals surface area contributed by atoms with Crippen LogP contribution in [0.1, 0.15) is 74.8 Å². The largest absolute Gasteiger partial charge is 0.509 e. The average molecular weight is 1120 g/mol. The molecule has 0 N–H and O–H groups in total. The van der Waals surface area contributed by atoms with Crippen molar-refractivity contribution in [2.24, 2.45) is 5.92 Å². The monoisotopic (exact) mass is 1120 g/mol. The van der Waals surface area contributed by atoms with Crippen LogP contribution in [0.5, 0.6) is 11.5 Å². The summed E-state index contributed by atoms with van der Waals surface area (Å²) in [5, 5.41) is 2.19. The van der Waals surface area contributed by atoms with Crippen molar-refractivity contribution in [2.75, 3.05) is 9.80 Å². The molecule has 1 aliphatic rings. The van der Waals surface area contributed by atoms with Crippen LogP contribution in [0.4, 0.5) is 22.7 Å². The zero-order chi connectivity index (χ0) is 50.8. The Hall–Kier alpha value is -7.20. The van der Waals surface area contributed by atoms with E-state index in [1.165, 1.54) is 16.7 Å². The Morgan fingerprint density at radius 3 is 1.92 bits per heavy atom. The van der Waals surface area contributed by atoms with E-state index < -0.39 is 6.37 Å². The van der Waals surface area contributed by atoms with Crippen molar-refractivity contribution in [2.45, 2.75) is 72.6 Å². The van der Waals surface area contributed by atoms with E-state index in [4.69, 9.17) is 9.72 Å². The van der Waals surface area contributed by atoms with Crippen LogP contribution in [0.25, 0.3) is 61.0 Å². The second-order valence-electron chi connectivity index (χ2n) is 20.9. The normalized spacial score (nSPS) is 13.3. The minimum absolute atomic E-state index is 0. The van der Waals surface area contributed by atoms with Gasteiger partial charge in [0, 0.05) is 75.2 Å². The minimum Gasteiger partial charge on any atom is -0.509 e. The van der Waals surface area contributed by atoms with Gasteiger partial charge in [0.1, 0.15) is 5.82 Å². The molecule has 362 valence electrons. The number of ether oxygens (including phenoxy) is 1. The summed E-state index contributed by atoms with van der Waals surface area (Å²) in [6, 6.07) is 70.4. The third kappa shape index (κ3) is 9.28. The van der Waals surface area contributed by atoms with Crippen molar-refractivity contribution >= 4 is 44.6 Å². The number of hydrogen-bond acceptors (Lipinski definition) is 4. The van der Waals surface area contributed by atoms with E-state index in [-0.39, 0.29) is 37.8 Å². The molecular formula is C66H59N4OPt-3. The predicted octanol–water partition coefficient (Wildman–Crippen LogP) is 17.8. The minimum atomic E-state index is -1.61. The fraction of sp³-hybridized carbons (Fsp3) is 0.182. The van der Waals surface area contributed by atoms with Gasteiger partial charge in [-0.2, -0.15) is 12.1 Å². The molecule has 0 fully saturated rings. The fourth-order valence-electron chi connectivity index (χ4n) is 10.0. The molecule has 72 heavy (non-hydrogen) atoms. The second kappa shape index (κ2) is 19.4. The summed E-state index contributed by atoms with van der Waals surface area (Å²) in [6.45, 7) is 19.5. The molecule has 8 aromatic carbocycles. The number of fused-ring (bicyclic) bond motifs is 4. The Kier molecular flexibility index (Phi) is 12.4. The predicted molar refractivity (Wildman–Crippen MR) is 296 cm³/mol. The van der Waals surface area contributed by atoms with Crippen molar-refractivity contribution in [1.29, 1.82) is 0 Å². The van der Waals surface area contributed by atoms with Crippen molar-refractivity contribution in [3.8, 4) is 50.7 Å². The van der Waals surface area contributed by atoms with Gasteiger partial charge in [-0.3, -0.25) is 0 Å². The molecule has 0 aliphatic carbocycles. The molecule has 0 radical (unpaired) electrons. The number of aromatic nitrogens is 2. The van der Waals surface area contributed by atoms with Gasteiger partial charge in [0.15, 0.2) is 0 Å². The van der Waals surface area contributed by atoms with E-state index >= 15 is 0 Å². The smallest absolute Gasteiger partial charge is 0.135 e. The molecule has 6 heteroatoms. The summed E-state index contributed by atoms with van der Waals surface area (Å²) in [6.07, 6.45) is 0.283. The van der Waals surface area contributed by atoms with Gasteiger partial charge >= 0.3 is 0 Å². The fourth-order valence-corrected chi connectivity index (χ4v) is 10.0. The molecular weight excluding hydrogens is 1060 g/mol. The SMILES string of the molecule is [2H]C([2H])(c1cc(-c2ccccc2)c(N2[CH-]N(c3[c-]c(Oc4[c-]c5c(cc4)c4ccccc4n5-c4cc(C(C)(C)C)ccn4)ccc3)c3ccccc32)c(-c2ccc(-c3ccccc3C(C)(C)C)cc2)c1)C(C)C.[Pt]. The number of benzene rings is 8. The maximum absolute atomic E-state index is 9.47. The number of para-hydroxylation sites is 3. The number of anilines is 4. The molecule has 1 aliphatic heterocycles. The average Bonchev–Trinajstić information content (AvgIpc) is 3.95. The molecule has 0 saturated carbocycles. The van der Waals surface area contributed by atoms with Crippen LogP contribution in [0.2, 0.25) is 0 Å². The summed E-state index contributed by atoms with van der Waals surface area (Å²) in [7, 11) is 0. The first-order valence-electron chi connectivity index (χ1n) is 25.6. The van der Waals surface area contributed by atoms with E-state index in [1.807, 2.05) is 44.3 Å². The van der Waals surface area contributed by atoms with E-state index in [2.05, 4.69) is 232 Å². The van der Waals surface area contributed by atoms with Gasteiger partial charge in [0.2, 0.25) is 0 Å². The second-order valence-corrected chi connectivity index (χ2v) is 20.9. The van der Waals surface area contributed by atoms with Crippen molar-refractivity contribution in [3.05, 3.63) is 224 Å². The van der Waals surface area contributed by atoms with E-state index in [1.54, 1.807) is 0 Å². The van der Waals surface area contributed by atoms with Gasteiger partial charge < -0.3 is 19.1 Å². The van der Waals surface area contributed by atoms with Crippen LogP contribution in [-0.4, -0.2) is 9.55 Å². The summed E-state index contributed by atoms with van der Waals surface area (Å²) in [5.41, 5.74) is 14.8. The zero-order valence-corrected chi connectivity index (χ0v) is 44.3. The topological polar surface area (TPSA) is 33.5 Å². The van der Waals surface area contributed by atoms with Crippen LogP contribution in [0.15, 0.2) is 188 Å². The first kappa shape index (κ1) is 45.9. The molecule has 5 nitrogen and oxygen atoms in total. The van der Waals surface area contributed by atoms with E-state index in [9.17, 15) is 2.74 Å². The molecule has 0 saturated heterocycles. The molecule has 0 unspecified atom stereocenters. The maximum atomic E-state index is 9.47. The van der Waals surface area contributed by atoms with Crippen molar-refractivity contribution in [3.63, 3.8) is 0 Å². The van der Waals surface area contributed by atoms with Gasteiger partial charge in [-0.15, -0.1) is 48.1 Å². The first-order chi connectivity index (χ1) is 35.0. The maximum Gasteiger partial charge on any atom is 0.135 e. The molecule has 11 rings (SSSR count). The van der Waals surface area contributed by atoms with Crippen LogP contribution >= 0.6 is 0 Å². The summed E-state index contributed by atoms with van der Waals surface area (Å²) < 4.78 is 27.8. The van der Waals surface area contributed by atoms with Crippen LogP contribution < -0.4 is 14.5 Å². The van der Waals surface area contributed by atoms with Crippen molar-refractivity contribution < 1.29 is 28.5 Å². The van der Waals surface area contributed by atoms with Crippen LogP contribution in [0.3, 0.4) is 0 Å². The Labute approximate surface area is 442 Å².